The summed E-state index contributed by atoms with van der Waals surface area (Å²) in [5.41, 5.74) is 0. The molecule has 0 aliphatic carbocycles. The van der Waals surface area contributed by atoms with Crippen molar-refractivity contribution < 1.29 is 0 Å². The molecule has 1 rings (SSSR count). The van der Waals surface area contributed by atoms with Crippen molar-refractivity contribution in [3.8, 4) is 0 Å². The second-order valence-electron chi connectivity index (χ2n) is 6.85. The van der Waals surface area contributed by atoms with Gasteiger partial charge >= 0.3 is 0 Å². The molecule has 0 amide bonds. The summed E-state index contributed by atoms with van der Waals surface area (Å²) in [5, 5.41) is 3.74. The first-order valence-corrected chi connectivity index (χ1v) is 8.15. The standard InChI is InChI=1S/C16H35N3/c1-14(2)13-19-11-7-16(8-12-19)17-9-6-10-18(5)15(3)4/h14-17H,6-13H2,1-5H3. The topological polar surface area (TPSA) is 18.5 Å². The molecule has 0 aromatic carbocycles. The highest BCUT2D eigenvalue weighted by molar-refractivity contribution is 4.77. The minimum absolute atomic E-state index is 0.666. The number of hydrogen-bond donors (Lipinski definition) is 1. The zero-order valence-electron chi connectivity index (χ0n) is 13.8. The Morgan fingerprint density at radius 2 is 1.79 bits per heavy atom. The van der Waals surface area contributed by atoms with Gasteiger partial charge in [-0.3, -0.25) is 0 Å². The quantitative estimate of drug-likeness (QED) is 0.683. The van der Waals surface area contributed by atoms with Crippen LogP contribution >= 0.6 is 0 Å². The summed E-state index contributed by atoms with van der Waals surface area (Å²) >= 11 is 0. The molecule has 0 aromatic rings. The lowest BCUT2D eigenvalue weighted by Crippen LogP contribution is -2.44. The molecule has 0 atom stereocenters. The Bertz CT molecular complexity index is 220. The first-order chi connectivity index (χ1) is 8.99. The van der Waals surface area contributed by atoms with E-state index in [-0.39, 0.29) is 0 Å². The fraction of sp³-hybridized carbons (Fsp3) is 1.00. The molecule has 1 heterocycles. The predicted octanol–water partition coefficient (Wildman–Crippen LogP) is 2.43. The van der Waals surface area contributed by atoms with E-state index in [2.05, 4.69) is 49.9 Å². The maximum absolute atomic E-state index is 3.74. The second kappa shape index (κ2) is 8.93. The Labute approximate surface area is 120 Å². The number of rotatable bonds is 8. The molecule has 0 saturated carbocycles. The molecule has 0 bridgehead atoms. The number of nitrogens with zero attached hydrogens (tertiary/aromatic N) is 2. The maximum Gasteiger partial charge on any atom is 0.00914 e. The minimum Gasteiger partial charge on any atom is -0.314 e. The van der Waals surface area contributed by atoms with Gasteiger partial charge in [-0.2, -0.15) is 0 Å². The van der Waals surface area contributed by atoms with Crippen LogP contribution < -0.4 is 5.32 Å². The van der Waals surface area contributed by atoms with Crippen molar-refractivity contribution in [3.05, 3.63) is 0 Å². The highest BCUT2D eigenvalue weighted by atomic mass is 15.1. The molecule has 1 fully saturated rings. The monoisotopic (exact) mass is 269 g/mol. The van der Waals surface area contributed by atoms with Gasteiger partial charge in [-0.05, 0) is 72.3 Å². The molecule has 0 unspecified atom stereocenters. The maximum atomic E-state index is 3.74. The van der Waals surface area contributed by atoms with E-state index in [9.17, 15) is 0 Å². The molecule has 0 aromatic heterocycles. The van der Waals surface area contributed by atoms with E-state index >= 15 is 0 Å². The third kappa shape index (κ3) is 7.28. The largest absolute Gasteiger partial charge is 0.314 e. The fourth-order valence-electron chi connectivity index (χ4n) is 2.73. The lowest BCUT2D eigenvalue weighted by Gasteiger charge is -2.33. The van der Waals surface area contributed by atoms with Gasteiger partial charge in [-0.15, -0.1) is 0 Å². The van der Waals surface area contributed by atoms with E-state index < -0.39 is 0 Å². The van der Waals surface area contributed by atoms with Crippen LogP contribution in [0.3, 0.4) is 0 Å². The number of likely N-dealkylation sites (tertiary alicyclic amines) is 1. The Morgan fingerprint density at radius 1 is 1.16 bits per heavy atom. The van der Waals surface area contributed by atoms with Gasteiger partial charge in [0.25, 0.3) is 0 Å². The van der Waals surface area contributed by atoms with Gasteiger partial charge < -0.3 is 15.1 Å². The van der Waals surface area contributed by atoms with E-state index in [0.717, 1.165) is 12.0 Å². The average molecular weight is 269 g/mol. The van der Waals surface area contributed by atoms with Crippen molar-refractivity contribution in [2.45, 2.75) is 59.0 Å². The molecule has 19 heavy (non-hydrogen) atoms. The van der Waals surface area contributed by atoms with Crippen molar-refractivity contribution in [2.75, 3.05) is 39.8 Å². The summed E-state index contributed by atoms with van der Waals surface area (Å²) in [6.07, 6.45) is 3.92. The fourth-order valence-corrected chi connectivity index (χ4v) is 2.73. The van der Waals surface area contributed by atoms with Crippen LogP contribution in [0.25, 0.3) is 0 Å². The van der Waals surface area contributed by atoms with E-state index in [1.807, 2.05) is 0 Å². The summed E-state index contributed by atoms with van der Waals surface area (Å²) in [6.45, 7) is 15.4. The molecule has 1 saturated heterocycles. The number of nitrogens with one attached hydrogen (secondary N) is 1. The van der Waals surface area contributed by atoms with Crippen LogP contribution in [0.15, 0.2) is 0 Å². The van der Waals surface area contributed by atoms with Crippen molar-refractivity contribution >= 4 is 0 Å². The lowest BCUT2D eigenvalue weighted by atomic mass is 10.0. The van der Waals surface area contributed by atoms with Gasteiger partial charge in [-0.25, -0.2) is 0 Å². The van der Waals surface area contributed by atoms with E-state index in [0.29, 0.717) is 6.04 Å². The zero-order valence-corrected chi connectivity index (χ0v) is 13.8. The Kier molecular flexibility index (Phi) is 7.96. The van der Waals surface area contributed by atoms with Crippen LogP contribution in [-0.4, -0.2) is 61.7 Å². The lowest BCUT2D eigenvalue weighted by molar-refractivity contribution is 0.178. The molecule has 1 N–H and O–H groups in total. The third-order valence-corrected chi connectivity index (χ3v) is 4.21. The molecular weight excluding hydrogens is 234 g/mol. The molecular formula is C16H35N3. The summed E-state index contributed by atoms with van der Waals surface area (Å²) in [5.74, 6) is 0.802. The first kappa shape index (κ1) is 16.9. The Balaban J connectivity index is 2.03. The summed E-state index contributed by atoms with van der Waals surface area (Å²) in [6, 6.07) is 1.42. The average Bonchev–Trinajstić information content (AvgIpc) is 2.35. The summed E-state index contributed by atoms with van der Waals surface area (Å²) < 4.78 is 0. The van der Waals surface area contributed by atoms with Crippen molar-refractivity contribution in [3.63, 3.8) is 0 Å². The molecule has 3 heteroatoms. The molecule has 0 spiro atoms. The molecule has 3 nitrogen and oxygen atoms in total. The number of hydrogen-bond acceptors (Lipinski definition) is 3. The van der Waals surface area contributed by atoms with E-state index in [1.165, 1.54) is 52.0 Å². The zero-order chi connectivity index (χ0) is 14.3. The highest BCUT2D eigenvalue weighted by Gasteiger charge is 2.18. The van der Waals surface area contributed by atoms with Crippen LogP contribution in [0, 0.1) is 5.92 Å². The molecule has 1 aliphatic heterocycles. The van der Waals surface area contributed by atoms with Crippen molar-refractivity contribution in [2.24, 2.45) is 5.92 Å². The predicted molar refractivity (Wildman–Crippen MR) is 84.7 cm³/mol. The second-order valence-corrected chi connectivity index (χ2v) is 6.85. The SMILES string of the molecule is CC(C)CN1CCC(NCCCN(C)C(C)C)CC1. The van der Waals surface area contributed by atoms with Gasteiger partial charge in [0.05, 0.1) is 0 Å². The minimum atomic E-state index is 0.666. The van der Waals surface area contributed by atoms with Gasteiger partial charge in [-0.1, -0.05) is 13.8 Å². The van der Waals surface area contributed by atoms with Gasteiger partial charge in [0.15, 0.2) is 0 Å². The van der Waals surface area contributed by atoms with Crippen LogP contribution in [0.1, 0.15) is 47.0 Å². The van der Waals surface area contributed by atoms with Crippen LogP contribution in [0.5, 0.6) is 0 Å². The van der Waals surface area contributed by atoms with Crippen molar-refractivity contribution in [1.29, 1.82) is 0 Å². The Hall–Kier alpha value is -0.120. The normalized spacial score (nSPS) is 18.9. The van der Waals surface area contributed by atoms with Gasteiger partial charge in [0, 0.05) is 18.6 Å². The number of piperidine rings is 1. The first-order valence-electron chi connectivity index (χ1n) is 8.15. The smallest absolute Gasteiger partial charge is 0.00914 e. The van der Waals surface area contributed by atoms with Crippen molar-refractivity contribution in [1.82, 2.24) is 15.1 Å². The summed E-state index contributed by atoms with van der Waals surface area (Å²) in [7, 11) is 2.22. The molecule has 114 valence electrons. The van der Waals surface area contributed by atoms with Gasteiger partial charge in [0.2, 0.25) is 0 Å². The molecule has 0 radical (unpaired) electrons. The van der Waals surface area contributed by atoms with Crippen LogP contribution in [0.2, 0.25) is 0 Å². The third-order valence-electron chi connectivity index (χ3n) is 4.21. The Morgan fingerprint density at radius 3 is 2.32 bits per heavy atom. The molecule has 1 aliphatic rings. The highest BCUT2D eigenvalue weighted by Crippen LogP contribution is 2.12. The van der Waals surface area contributed by atoms with Gasteiger partial charge in [0.1, 0.15) is 0 Å². The van der Waals surface area contributed by atoms with Crippen LogP contribution in [0.4, 0.5) is 0 Å². The van der Waals surface area contributed by atoms with E-state index in [4.69, 9.17) is 0 Å². The van der Waals surface area contributed by atoms with E-state index in [1.54, 1.807) is 0 Å². The van der Waals surface area contributed by atoms with Crippen LogP contribution in [-0.2, 0) is 0 Å². The summed E-state index contributed by atoms with van der Waals surface area (Å²) in [4.78, 5) is 5.04.